The molecule has 1 aromatic rings. The molecule has 0 radical (unpaired) electrons. The van der Waals surface area contributed by atoms with E-state index >= 15 is 4.39 Å². The second kappa shape index (κ2) is 5.13. The standard InChI is InChI=1S/C18H28F2/c1-9-14-11-15(10-12(2)13(14)3)18(20,16(4,5)6)17(7,8)19/h10-11H,9H2,1-8H3. The molecule has 0 spiro atoms. The Labute approximate surface area is 122 Å². The number of hydrogen-bond donors (Lipinski definition) is 0. The lowest BCUT2D eigenvalue weighted by Gasteiger charge is -2.45. The zero-order valence-electron chi connectivity index (χ0n) is 14.1. The first kappa shape index (κ1) is 17.1. The molecule has 1 aromatic carbocycles. The average Bonchev–Trinajstić information content (AvgIpc) is 2.28. The van der Waals surface area contributed by atoms with Gasteiger partial charge >= 0.3 is 0 Å². The Morgan fingerprint density at radius 1 is 0.950 bits per heavy atom. The van der Waals surface area contributed by atoms with E-state index in [-0.39, 0.29) is 0 Å². The summed E-state index contributed by atoms with van der Waals surface area (Å²) in [6, 6.07) is 3.65. The number of halogens is 2. The maximum absolute atomic E-state index is 15.8. The zero-order valence-corrected chi connectivity index (χ0v) is 14.1. The molecule has 2 heteroatoms. The lowest BCUT2D eigenvalue weighted by atomic mass is 9.65. The van der Waals surface area contributed by atoms with Crippen molar-refractivity contribution in [2.75, 3.05) is 0 Å². The Morgan fingerprint density at radius 2 is 1.45 bits per heavy atom. The zero-order chi connectivity index (χ0) is 15.9. The molecule has 0 aromatic heterocycles. The molecule has 0 N–H and O–H groups in total. The Hall–Kier alpha value is -0.920. The quantitative estimate of drug-likeness (QED) is 0.654. The van der Waals surface area contributed by atoms with Gasteiger partial charge in [0.1, 0.15) is 5.67 Å². The van der Waals surface area contributed by atoms with Crippen LogP contribution in [0.3, 0.4) is 0 Å². The van der Waals surface area contributed by atoms with Crippen LogP contribution in [0.2, 0.25) is 0 Å². The molecule has 20 heavy (non-hydrogen) atoms. The first-order valence-corrected chi connectivity index (χ1v) is 7.34. The summed E-state index contributed by atoms with van der Waals surface area (Å²) in [6.07, 6.45) is 0.827. The van der Waals surface area contributed by atoms with Crippen molar-refractivity contribution in [3.8, 4) is 0 Å². The van der Waals surface area contributed by atoms with Gasteiger partial charge in [0.05, 0.1) is 0 Å². The van der Waals surface area contributed by atoms with E-state index in [2.05, 4.69) is 0 Å². The van der Waals surface area contributed by atoms with Gasteiger partial charge in [-0.3, -0.25) is 0 Å². The molecular weight excluding hydrogens is 254 g/mol. The normalized spacial score (nSPS) is 16.1. The molecule has 1 atom stereocenters. The van der Waals surface area contributed by atoms with Gasteiger partial charge in [-0.05, 0) is 56.4 Å². The van der Waals surface area contributed by atoms with Crippen LogP contribution in [0.4, 0.5) is 8.78 Å². The lowest BCUT2D eigenvalue weighted by molar-refractivity contribution is -0.0984. The smallest absolute Gasteiger partial charge is 0.173 e. The molecule has 1 rings (SSSR count). The van der Waals surface area contributed by atoms with Gasteiger partial charge in [-0.1, -0.05) is 39.8 Å². The fraction of sp³-hybridized carbons (Fsp3) is 0.667. The Morgan fingerprint density at radius 3 is 1.80 bits per heavy atom. The monoisotopic (exact) mass is 282 g/mol. The van der Waals surface area contributed by atoms with E-state index < -0.39 is 16.8 Å². The highest BCUT2D eigenvalue weighted by Gasteiger charge is 2.56. The van der Waals surface area contributed by atoms with Crippen molar-refractivity contribution in [2.45, 2.75) is 73.1 Å². The largest absolute Gasteiger partial charge is 0.241 e. The van der Waals surface area contributed by atoms with E-state index in [9.17, 15) is 4.39 Å². The Balaban J connectivity index is 3.65. The van der Waals surface area contributed by atoms with Crippen molar-refractivity contribution in [3.05, 3.63) is 34.4 Å². The van der Waals surface area contributed by atoms with Crippen LogP contribution in [0, 0.1) is 19.3 Å². The summed E-state index contributed by atoms with van der Waals surface area (Å²) in [6.45, 7) is 14.0. The SMILES string of the molecule is CCc1cc(C(F)(C(C)(C)C)C(C)(C)F)cc(C)c1C. The predicted molar refractivity (Wildman–Crippen MR) is 82.7 cm³/mol. The van der Waals surface area contributed by atoms with Gasteiger partial charge in [0.2, 0.25) is 0 Å². The minimum atomic E-state index is -2.03. The molecule has 0 fully saturated rings. The predicted octanol–water partition coefficient (Wildman–Crippen LogP) is 5.82. The molecule has 0 aliphatic rings. The molecule has 0 bridgehead atoms. The van der Waals surface area contributed by atoms with Gasteiger partial charge in [-0.15, -0.1) is 0 Å². The third-order valence-electron chi connectivity index (χ3n) is 4.41. The molecule has 0 amide bonds. The van der Waals surface area contributed by atoms with E-state index in [1.165, 1.54) is 19.4 Å². The summed E-state index contributed by atoms with van der Waals surface area (Å²) in [4.78, 5) is 0. The van der Waals surface area contributed by atoms with Crippen LogP contribution in [-0.4, -0.2) is 5.67 Å². The summed E-state index contributed by atoms with van der Waals surface area (Å²) in [5, 5.41) is 0. The highest BCUT2D eigenvalue weighted by Crippen LogP contribution is 2.52. The van der Waals surface area contributed by atoms with E-state index in [4.69, 9.17) is 0 Å². The van der Waals surface area contributed by atoms with E-state index in [1.807, 2.05) is 26.8 Å². The third-order valence-corrected chi connectivity index (χ3v) is 4.41. The molecule has 0 heterocycles. The highest BCUT2D eigenvalue weighted by atomic mass is 19.2. The third kappa shape index (κ3) is 2.62. The first-order chi connectivity index (χ1) is 8.86. The number of hydrogen-bond acceptors (Lipinski definition) is 0. The van der Waals surface area contributed by atoms with Crippen LogP contribution in [0.5, 0.6) is 0 Å². The summed E-state index contributed by atoms with van der Waals surface area (Å²) >= 11 is 0. The van der Waals surface area contributed by atoms with Crippen LogP contribution >= 0.6 is 0 Å². The minimum absolute atomic E-state index is 0.456. The van der Waals surface area contributed by atoms with Gasteiger partial charge in [0, 0.05) is 5.41 Å². The topological polar surface area (TPSA) is 0 Å². The van der Waals surface area contributed by atoms with Crippen molar-refractivity contribution in [2.24, 2.45) is 5.41 Å². The molecular formula is C18H28F2. The molecule has 0 saturated heterocycles. The number of aryl methyl sites for hydroxylation is 2. The molecule has 1 unspecified atom stereocenters. The van der Waals surface area contributed by atoms with Crippen LogP contribution in [0.15, 0.2) is 12.1 Å². The minimum Gasteiger partial charge on any atom is -0.241 e. The number of rotatable bonds is 3. The summed E-state index contributed by atoms with van der Waals surface area (Å²) in [5.41, 5.74) is -1.05. The molecule has 0 aliphatic carbocycles. The van der Waals surface area contributed by atoms with Crippen molar-refractivity contribution >= 4 is 0 Å². The van der Waals surface area contributed by atoms with Gasteiger partial charge in [-0.2, -0.15) is 0 Å². The fourth-order valence-electron chi connectivity index (χ4n) is 3.17. The van der Waals surface area contributed by atoms with E-state index in [1.54, 1.807) is 26.8 Å². The number of alkyl halides is 2. The number of benzene rings is 1. The summed E-state index contributed by atoms with van der Waals surface area (Å²) < 4.78 is 30.5. The van der Waals surface area contributed by atoms with Crippen LogP contribution in [-0.2, 0) is 12.1 Å². The Kier molecular flexibility index (Phi) is 4.39. The molecule has 0 aliphatic heterocycles. The second-order valence-electron chi connectivity index (χ2n) is 7.31. The van der Waals surface area contributed by atoms with Gasteiger partial charge < -0.3 is 0 Å². The fourth-order valence-corrected chi connectivity index (χ4v) is 3.17. The molecule has 0 saturated carbocycles. The maximum atomic E-state index is 15.8. The second-order valence-corrected chi connectivity index (χ2v) is 7.31. The Bertz CT molecular complexity index is 473. The van der Waals surface area contributed by atoms with Crippen LogP contribution in [0.25, 0.3) is 0 Å². The van der Waals surface area contributed by atoms with Gasteiger partial charge in [0.25, 0.3) is 0 Å². The van der Waals surface area contributed by atoms with Crippen LogP contribution in [0.1, 0.15) is 63.8 Å². The summed E-state index contributed by atoms with van der Waals surface area (Å²) in [5.74, 6) is 0. The van der Waals surface area contributed by atoms with Crippen molar-refractivity contribution in [3.63, 3.8) is 0 Å². The van der Waals surface area contributed by atoms with E-state index in [0.717, 1.165) is 17.5 Å². The van der Waals surface area contributed by atoms with Crippen molar-refractivity contribution < 1.29 is 8.78 Å². The van der Waals surface area contributed by atoms with Gasteiger partial charge in [-0.25, -0.2) is 8.78 Å². The first-order valence-electron chi connectivity index (χ1n) is 7.34. The average molecular weight is 282 g/mol. The van der Waals surface area contributed by atoms with E-state index in [0.29, 0.717) is 5.56 Å². The highest BCUT2D eigenvalue weighted by molar-refractivity contribution is 5.42. The van der Waals surface area contributed by atoms with Crippen molar-refractivity contribution in [1.82, 2.24) is 0 Å². The molecule has 0 nitrogen and oxygen atoms in total. The van der Waals surface area contributed by atoms with Crippen LogP contribution < -0.4 is 0 Å². The van der Waals surface area contributed by atoms with Crippen molar-refractivity contribution in [1.29, 1.82) is 0 Å². The maximum Gasteiger partial charge on any atom is 0.173 e. The van der Waals surface area contributed by atoms with Gasteiger partial charge in [0.15, 0.2) is 5.67 Å². The lowest BCUT2D eigenvalue weighted by Crippen LogP contribution is -2.50. The molecule has 114 valence electrons. The summed E-state index contributed by atoms with van der Waals surface area (Å²) in [7, 11) is 0.